The molecular formula is C8H4Br2F2O3. The summed E-state index contributed by atoms with van der Waals surface area (Å²) in [5.41, 5.74) is -0.328. The van der Waals surface area contributed by atoms with E-state index in [1.807, 2.05) is 0 Å². The summed E-state index contributed by atoms with van der Waals surface area (Å²) in [7, 11) is 0. The summed E-state index contributed by atoms with van der Waals surface area (Å²) in [5.74, 6) is -1.72. The Bertz CT molecular complexity index is 396. The lowest BCUT2D eigenvalue weighted by atomic mass is 10.2. The maximum atomic E-state index is 12.0. The number of carboxylic acids is 1. The van der Waals surface area contributed by atoms with E-state index in [4.69, 9.17) is 5.11 Å². The highest BCUT2D eigenvalue weighted by Gasteiger charge is 2.17. The molecule has 0 saturated carbocycles. The van der Waals surface area contributed by atoms with Crippen molar-refractivity contribution in [3.63, 3.8) is 0 Å². The van der Waals surface area contributed by atoms with Gasteiger partial charge in [-0.25, -0.2) is 4.79 Å². The van der Waals surface area contributed by atoms with E-state index in [2.05, 4.69) is 36.6 Å². The zero-order valence-corrected chi connectivity index (χ0v) is 10.2. The molecule has 0 aliphatic rings. The van der Waals surface area contributed by atoms with E-state index in [1.54, 1.807) is 0 Å². The zero-order valence-electron chi connectivity index (χ0n) is 7.01. The minimum Gasteiger partial charge on any atom is -0.478 e. The average molecular weight is 346 g/mol. The monoisotopic (exact) mass is 344 g/mol. The first-order chi connectivity index (χ1) is 6.91. The molecule has 1 aromatic carbocycles. The van der Waals surface area contributed by atoms with Crippen LogP contribution in [0.1, 0.15) is 10.4 Å². The molecule has 1 rings (SSSR count). The second kappa shape index (κ2) is 4.89. The second-order valence-electron chi connectivity index (χ2n) is 2.45. The summed E-state index contributed by atoms with van der Waals surface area (Å²) in [4.78, 5) is 10.7. The lowest BCUT2D eigenvalue weighted by Crippen LogP contribution is -2.07. The molecule has 0 unspecified atom stereocenters. The molecule has 0 heterocycles. The smallest absolute Gasteiger partial charge is 0.387 e. The van der Waals surface area contributed by atoms with Crippen LogP contribution in [0.15, 0.2) is 21.1 Å². The number of carboxylic acid groups (broad SMARTS) is 1. The SMILES string of the molecule is O=C(O)c1cc(Br)c(Br)cc1OC(F)F. The normalized spacial score (nSPS) is 10.5. The van der Waals surface area contributed by atoms with E-state index in [0.717, 1.165) is 0 Å². The van der Waals surface area contributed by atoms with Gasteiger partial charge in [0.25, 0.3) is 0 Å². The van der Waals surface area contributed by atoms with Crippen molar-refractivity contribution >= 4 is 37.8 Å². The highest BCUT2D eigenvalue weighted by Crippen LogP contribution is 2.32. The van der Waals surface area contributed by atoms with Gasteiger partial charge in [-0.1, -0.05) is 0 Å². The van der Waals surface area contributed by atoms with Crippen molar-refractivity contribution in [1.82, 2.24) is 0 Å². The lowest BCUT2D eigenvalue weighted by Gasteiger charge is -2.09. The van der Waals surface area contributed by atoms with Crippen LogP contribution in [0.5, 0.6) is 5.75 Å². The number of halogens is 4. The Morgan fingerprint density at radius 3 is 2.33 bits per heavy atom. The van der Waals surface area contributed by atoms with Gasteiger partial charge >= 0.3 is 12.6 Å². The maximum absolute atomic E-state index is 12.0. The molecule has 82 valence electrons. The van der Waals surface area contributed by atoms with Crippen LogP contribution in [0.2, 0.25) is 0 Å². The average Bonchev–Trinajstić information content (AvgIpc) is 2.09. The number of aromatic carboxylic acids is 1. The van der Waals surface area contributed by atoms with Gasteiger partial charge in [-0.05, 0) is 44.0 Å². The largest absolute Gasteiger partial charge is 0.478 e. The van der Waals surface area contributed by atoms with Crippen LogP contribution in [-0.2, 0) is 0 Å². The van der Waals surface area contributed by atoms with Gasteiger partial charge in [-0.3, -0.25) is 0 Å². The molecule has 0 radical (unpaired) electrons. The molecule has 7 heteroatoms. The summed E-state index contributed by atoms with van der Waals surface area (Å²) >= 11 is 6.12. The van der Waals surface area contributed by atoms with Crippen molar-refractivity contribution in [2.75, 3.05) is 0 Å². The molecule has 0 aliphatic heterocycles. The molecule has 15 heavy (non-hydrogen) atoms. The van der Waals surface area contributed by atoms with Crippen LogP contribution < -0.4 is 4.74 Å². The fourth-order valence-corrected chi connectivity index (χ4v) is 1.55. The number of alkyl halides is 2. The predicted molar refractivity (Wildman–Crippen MR) is 55.4 cm³/mol. The quantitative estimate of drug-likeness (QED) is 0.911. The van der Waals surface area contributed by atoms with Gasteiger partial charge in [0.2, 0.25) is 0 Å². The minimum atomic E-state index is -3.06. The number of benzene rings is 1. The fraction of sp³-hybridized carbons (Fsp3) is 0.125. The number of carbonyl (C=O) groups is 1. The molecule has 0 atom stereocenters. The molecule has 3 nitrogen and oxygen atoms in total. The first kappa shape index (κ1) is 12.4. The van der Waals surface area contributed by atoms with Crippen molar-refractivity contribution in [1.29, 1.82) is 0 Å². The maximum Gasteiger partial charge on any atom is 0.387 e. The molecule has 0 spiro atoms. The van der Waals surface area contributed by atoms with Crippen LogP contribution >= 0.6 is 31.9 Å². The van der Waals surface area contributed by atoms with Crippen LogP contribution in [0.3, 0.4) is 0 Å². The summed E-state index contributed by atoms with van der Waals surface area (Å²) in [6.07, 6.45) is 0. The highest BCUT2D eigenvalue weighted by molar-refractivity contribution is 9.13. The summed E-state index contributed by atoms with van der Waals surface area (Å²) in [6, 6.07) is 2.35. The van der Waals surface area contributed by atoms with Crippen LogP contribution in [-0.4, -0.2) is 17.7 Å². The number of hydrogen-bond donors (Lipinski definition) is 1. The third-order valence-corrected chi connectivity index (χ3v) is 3.31. The van der Waals surface area contributed by atoms with Crippen LogP contribution in [0.25, 0.3) is 0 Å². The van der Waals surface area contributed by atoms with Crippen LogP contribution in [0, 0.1) is 0 Å². The van der Waals surface area contributed by atoms with Crippen molar-refractivity contribution < 1.29 is 23.4 Å². The van der Waals surface area contributed by atoms with Crippen molar-refractivity contribution in [3.8, 4) is 5.75 Å². The van der Waals surface area contributed by atoms with E-state index in [0.29, 0.717) is 8.95 Å². The number of rotatable bonds is 3. The van der Waals surface area contributed by atoms with Gasteiger partial charge in [0.15, 0.2) is 0 Å². The molecule has 0 fully saturated rings. The van der Waals surface area contributed by atoms with Crippen molar-refractivity contribution in [3.05, 3.63) is 26.6 Å². The van der Waals surface area contributed by atoms with E-state index in [9.17, 15) is 13.6 Å². The molecule has 1 N–H and O–H groups in total. The second-order valence-corrected chi connectivity index (χ2v) is 4.15. The number of hydrogen-bond acceptors (Lipinski definition) is 2. The van der Waals surface area contributed by atoms with Gasteiger partial charge in [0.1, 0.15) is 11.3 Å². The van der Waals surface area contributed by atoms with Gasteiger partial charge in [-0.2, -0.15) is 8.78 Å². The highest BCUT2D eigenvalue weighted by atomic mass is 79.9. The fourth-order valence-electron chi connectivity index (χ4n) is 0.889. The van der Waals surface area contributed by atoms with E-state index in [1.165, 1.54) is 12.1 Å². The van der Waals surface area contributed by atoms with E-state index < -0.39 is 12.6 Å². The van der Waals surface area contributed by atoms with Crippen molar-refractivity contribution in [2.24, 2.45) is 0 Å². The van der Waals surface area contributed by atoms with Gasteiger partial charge in [0.05, 0.1) is 0 Å². The summed E-state index contributed by atoms with van der Waals surface area (Å²) in [5, 5.41) is 8.73. The molecule has 0 aromatic heterocycles. The van der Waals surface area contributed by atoms with Gasteiger partial charge in [0, 0.05) is 8.95 Å². The third-order valence-electron chi connectivity index (χ3n) is 1.47. The Morgan fingerprint density at radius 2 is 1.87 bits per heavy atom. The lowest BCUT2D eigenvalue weighted by molar-refractivity contribution is -0.0503. The molecule has 0 saturated heterocycles. The molecule has 0 amide bonds. The first-order valence-electron chi connectivity index (χ1n) is 3.59. The standard InChI is InChI=1S/C8H4Br2F2O3/c9-4-1-3(7(13)14)6(2-5(4)10)15-8(11)12/h1-2,8H,(H,13,14). The Labute approximate surface area is 100 Å². The topological polar surface area (TPSA) is 46.5 Å². The zero-order chi connectivity index (χ0) is 11.6. The predicted octanol–water partition coefficient (Wildman–Crippen LogP) is 3.51. The summed E-state index contributed by atoms with van der Waals surface area (Å²) < 4.78 is 28.9. The molecule has 1 aromatic rings. The minimum absolute atomic E-state index is 0.328. The molecular weight excluding hydrogens is 342 g/mol. The van der Waals surface area contributed by atoms with Gasteiger partial charge < -0.3 is 9.84 Å². The summed E-state index contributed by atoms with van der Waals surface area (Å²) in [6.45, 7) is -3.06. The Balaban J connectivity index is 3.22. The van der Waals surface area contributed by atoms with Crippen LogP contribution in [0.4, 0.5) is 8.78 Å². The third kappa shape index (κ3) is 3.13. The van der Waals surface area contributed by atoms with Gasteiger partial charge in [-0.15, -0.1) is 0 Å². The Hall–Kier alpha value is -0.690. The molecule has 0 aliphatic carbocycles. The Morgan fingerprint density at radius 1 is 1.33 bits per heavy atom. The van der Waals surface area contributed by atoms with Crippen molar-refractivity contribution in [2.45, 2.75) is 6.61 Å². The first-order valence-corrected chi connectivity index (χ1v) is 5.17. The Kier molecular flexibility index (Phi) is 4.04. The van der Waals surface area contributed by atoms with E-state index in [-0.39, 0.29) is 11.3 Å². The molecule has 0 bridgehead atoms. The van der Waals surface area contributed by atoms with E-state index >= 15 is 0 Å². The number of ether oxygens (including phenoxy) is 1.